The molecule has 2 saturated heterocycles. The Hall–Kier alpha value is -0.610. The number of hydrogen-bond donors (Lipinski definition) is 2. The molecular weight excluding hydrogens is 168 g/mol. The Bertz CT molecular complexity index is 220. The van der Waals surface area contributed by atoms with Crippen LogP contribution < -0.4 is 5.32 Å². The summed E-state index contributed by atoms with van der Waals surface area (Å²) in [5.41, 5.74) is 0. The second kappa shape index (κ2) is 3.27. The van der Waals surface area contributed by atoms with Crippen LogP contribution in [0.4, 0.5) is 0 Å². The lowest BCUT2D eigenvalue weighted by Gasteiger charge is -2.44. The van der Waals surface area contributed by atoms with Crippen molar-refractivity contribution in [3.63, 3.8) is 0 Å². The number of aliphatic hydroxyl groups excluding tert-OH is 1. The molecule has 2 fully saturated rings. The van der Waals surface area contributed by atoms with Gasteiger partial charge in [0.2, 0.25) is 5.91 Å². The molecule has 0 aromatic rings. The molecule has 1 amide bonds. The third-order valence-electron chi connectivity index (χ3n) is 2.86. The summed E-state index contributed by atoms with van der Waals surface area (Å²) in [5.74, 6) is 0.176. The van der Waals surface area contributed by atoms with Gasteiger partial charge >= 0.3 is 0 Å². The molecule has 2 N–H and O–H groups in total. The molecule has 2 rings (SSSR count). The average Bonchev–Trinajstić information content (AvgIpc) is 2.07. The number of nitrogens with zero attached hydrogens (tertiary/aromatic N) is 1. The van der Waals surface area contributed by atoms with Crippen molar-refractivity contribution < 1.29 is 9.90 Å². The molecule has 0 aromatic carbocycles. The van der Waals surface area contributed by atoms with E-state index in [2.05, 4.69) is 5.32 Å². The summed E-state index contributed by atoms with van der Waals surface area (Å²) in [7, 11) is 0. The van der Waals surface area contributed by atoms with E-state index in [1.807, 2.05) is 6.92 Å². The van der Waals surface area contributed by atoms with Gasteiger partial charge in [-0.3, -0.25) is 10.1 Å². The summed E-state index contributed by atoms with van der Waals surface area (Å²) in [6.07, 6.45) is 1.75. The van der Waals surface area contributed by atoms with Crippen molar-refractivity contribution in [3.05, 3.63) is 0 Å². The van der Waals surface area contributed by atoms with Crippen LogP contribution in [0.25, 0.3) is 0 Å². The van der Waals surface area contributed by atoms with Gasteiger partial charge in [-0.15, -0.1) is 0 Å². The van der Waals surface area contributed by atoms with Gasteiger partial charge in [0.15, 0.2) is 0 Å². The zero-order valence-electron chi connectivity index (χ0n) is 7.86. The molecule has 4 nitrogen and oxygen atoms in total. The molecule has 2 aliphatic rings. The summed E-state index contributed by atoms with van der Waals surface area (Å²) < 4.78 is 0. The number of amides is 1. The maximum absolute atomic E-state index is 11.6. The quantitative estimate of drug-likeness (QED) is 0.542. The minimum atomic E-state index is -0.388. The minimum absolute atomic E-state index is 0.134. The highest BCUT2D eigenvalue weighted by molar-refractivity contribution is 5.78. The van der Waals surface area contributed by atoms with E-state index in [9.17, 15) is 9.90 Å². The summed E-state index contributed by atoms with van der Waals surface area (Å²) in [5, 5.41) is 12.9. The van der Waals surface area contributed by atoms with Gasteiger partial charge in [-0.2, -0.15) is 0 Å². The van der Waals surface area contributed by atoms with Crippen LogP contribution in [0.5, 0.6) is 0 Å². The SMILES string of the molecule is CC1CC(=O)N2CCCC(O)C2N1. The highest BCUT2D eigenvalue weighted by atomic mass is 16.3. The molecule has 74 valence electrons. The van der Waals surface area contributed by atoms with Crippen LogP contribution in [-0.4, -0.2) is 40.8 Å². The number of carbonyl (C=O) groups excluding carboxylic acids is 1. The number of piperidine rings is 1. The molecule has 4 heteroatoms. The van der Waals surface area contributed by atoms with E-state index < -0.39 is 0 Å². The number of fused-ring (bicyclic) bond motifs is 1. The van der Waals surface area contributed by atoms with Crippen LogP contribution in [0.3, 0.4) is 0 Å². The topological polar surface area (TPSA) is 52.6 Å². The van der Waals surface area contributed by atoms with E-state index in [0.717, 1.165) is 19.4 Å². The molecule has 0 bridgehead atoms. The summed E-state index contributed by atoms with van der Waals surface area (Å²) in [4.78, 5) is 13.3. The predicted octanol–water partition coefficient (Wildman–Crippen LogP) is -0.322. The predicted molar refractivity (Wildman–Crippen MR) is 48.0 cm³/mol. The number of aliphatic hydroxyl groups is 1. The monoisotopic (exact) mass is 184 g/mol. The summed E-state index contributed by atoms with van der Waals surface area (Å²) in [6, 6.07) is 0.196. The van der Waals surface area contributed by atoms with E-state index in [1.165, 1.54) is 0 Å². The van der Waals surface area contributed by atoms with Crippen molar-refractivity contribution in [1.82, 2.24) is 10.2 Å². The Morgan fingerprint density at radius 1 is 1.62 bits per heavy atom. The lowest BCUT2D eigenvalue weighted by Crippen LogP contribution is -2.64. The first-order chi connectivity index (χ1) is 6.18. The molecule has 2 aliphatic heterocycles. The molecule has 0 saturated carbocycles. The maximum atomic E-state index is 11.6. The zero-order chi connectivity index (χ0) is 9.42. The fraction of sp³-hybridized carbons (Fsp3) is 0.889. The smallest absolute Gasteiger partial charge is 0.225 e. The summed E-state index contributed by atoms with van der Waals surface area (Å²) >= 11 is 0. The first-order valence-electron chi connectivity index (χ1n) is 4.92. The van der Waals surface area contributed by atoms with Gasteiger partial charge in [0, 0.05) is 19.0 Å². The lowest BCUT2D eigenvalue weighted by molar-refractivity contribution is -0.146. The van der Waals surface area contributed by atoms with Gasteiger partial charge in [-0.1, -0.05) is 0 Å². The van der Waals surface area contributed by atoms with Gasteiger partial charge in [0.1, 0.15) is 6.17 Å². The largest absolute Gasteiger partial charge is 0.390 e. The van der Waals surface area contributed by atoms with E-state index in [0.29, 0.717) is 6.42 Å². The van der Waals surface area contributed by atoms with Crippen molar-refractivity contribution in [1.29, 1.82) is 0 Å². The minimum Gasteiger partial charge on any atom is -0.390 e. The second-order valence-electron chi connectivity index (χ2n) is 4.01. The Morgan fingerprint density at radius 3 is 3.15 bits per heavy atom. The first kappa shape index (κ1) is 8.97. The molecule has 0 aromatic heterocycles. The highest BCUT2D eigenvalue weighted by Gasteiger charge is 2.37. The standard InChI is InChI=1S/C9H16N2O2/c1-6-5-8(13)11-4-2-3-7(12)9(11)10-6/h6-7,9-10,12H,2-5H2,1H3. The van der Waals surface area contributed by atoms with Crippen molar-refractivity contribution in [2.24, 2.45) is 0 Å². The molecule has 3 atom stereocenters. The molecule has 13 heavy (non-hydrogen) atoms. The second-order valence-corrected chi connectivity index (χ2v) is 4.01. The number of hydrogen-bond acceptors (Lipinski definition) is 3. The molecule has 0 radical (unpaired) electrons. The molecule has 3 unspecified atom stereocenters. The van der Waals surface area contributed by atoms with Crippen molar-refractivity contribution in [2.75, 3.05) is 6.54 Å². The van der Waals surface area contributed by atoms with E-state index >= 15 is 0 Å². The van der Waals surface area contributed by atoms with Crippen LogP contribution in [0.15, 0.2) is 0 Å². The van der Waals surface area contributed by atoms with E-state index in [-0.39, 0.29) is 24.2 Å². The first-order valence-corrected chi connectivity index (χ1v) is 4.92. The summed E-state index contributed by atoms with van der Waals surface area (Å²) in [6.45, 7) is 2.77. The van der Waals surface area contributed by atoms with Crippen molar-refractivity contribution >= 4 is 5.91 Å². The van der Waals surface area contributed by atoms with Gasteiger partial charge in [-0.05, 0) is 19.8 Å². The fourth-order valence-corrected chi connectivity index (χ4v) is 2.19. The van der Waals surface area contributed by atoms with Gasteiger partial charge in [-0.25, -0.2) is 0 Å². The average molecular weight is 184 g/mol. The normalized spacial score (nSPS) is 40.3. The molecule has 0 aliphatic carbocycles. The Morgan fingerprint density at radius 2 is 2.38 bits per heavy atom. The highest BCUT2D eigenvalue weighted by Crippen LogP contribution is 2.21. The van der Waals surface area contributed by atoms with Gasteiger partial charge < -0.3 is 10.0 Å². The Balaban J connectivity index is 2.12. The van der Waals surface area contributed by atoms with Crippen molar-refractivity contribution in [3.8, 4) is 0 Å². The maximum Gasteiger partial charge on any atom is 0.225 e. The fourth-order valence-electron chi connectivity index (χ4n) is 2.19. The third kappa shape index (κ3) is 1.56. The number of nitrogens with one attached hydrogen (secondary N) is 1. The van der Waals surface area contributed by atoms with Crippen LogP contribution in [0.2, 0.25) is 0 Å². The van der Waals surface area contributed by atoms with Gasteiger partial charge in [0.25, 0.3) is 0 Å². The van der Waals surface area contributed by atoms with E-state index in [1.54, 1.807) is 4.90 Å². The number of carbonyl (C=O) groups is 1. The number of rotatable bonds is 0. The van der Waals surface area contributed by atoms with Crippen molar-refractivity contribution in [2.45, 2.75) is 44.5 Å². The van der Waals surface area contributed by atoms with Crippen LogP contribution in [0, 0.1) is 0 Å². The molecular formula is C9H16N2O2. The van der Waals surface area contributed by atoms with Crippen LogP contribution in [0.1, 0.15) is 26.2 Å². The van der Waals surface area contributed by atoms with E-state index in [4.69, 9.17) is 0 Å². The Labute approximate surface area is 77.9 Å². The Kier molecular flexibility index (Phi) is 2.26. The van der Waals surface area contributed by atoms with Gasteiger partial charge in [0.05, 0.1) is 6.10 Å². The molecule has 2 heterocycles. The lowest BCUT2D eigenvalue weighted by atomic mass is 9.99. The third-order valence-corrected chi connectivity index (χ3v) is 2.86. The van der Waals surface area contributed by atoms with Crippen LogP contribution in [-0.2, 0) is 4.79 Å². The van der Waals surface area contributed by atoms with Crippen LogP contribution >= 0.6 is 0 Å². The molecule has 0 spiro atoms. The zero-order valence-corrected chi connectivity index (χ0v) is 7.86.